The van der Waals surface area contributed by atoms with Crippen LogP contribution in [0.1, 0.15) is 19.3 Å². The van der Waals surface area contributed by atoms with Crippen molar-refractivity contribution in [1.82, 2.24) is 9.80 Å². The minimum Gasteiger partial charge on any atom is -0.480 e. The number of alkyl halides is 2. The molecule has 3 rings (SSSR count). The van der Waals surface area contributed by atoms with E-state index in [9.17, 15) is 18.4 Å². The molecule has 1 saturated heterocycles. The lowest BCUT2D eigenvalue weighted by Gasteiger charge is -2.25. The highest BCUT2D eigenvalue weighted by molar-refractivity contribution is 5.92. The smallest absolute Gasteiger partial charge is 0.480 e. The van der Waals surface area contributed by atoms with Crippen LogP contribution in [0.3, 0.4) is 0 Å². The lowest BCUT2D eigenvalue weighted by atomic mass is 10.1. The number of carbonyl (C=O) groups is 2. The number of aliphatic carboxylic acids is 1. The molecule has 1 unspecified atom stereocenters. The fourth-order valence-corrected chi connectivity index (χ4v) is 3.51. The zero-order chi connectivity index (χ0) is 20.3. The van der Waals surface area contributed by atoms with Crippen LogP contribution in [0.2, 0.25) is 0 Å². The van der Waals surface area contributed by atoms with E-state index in [2.05, 4.69) is 14.8 Å². The zero-order valence-electron chi connectivity index (χ0n) is 15.9. The second kappa shape index (κ2) is 9.55. The monoisotopic (exact) mass is 435 g/mol. The van der Waals surface area contributed by atoms with Gasteiger partial charge in [0.15, 0.2) is 11.5 Å². The largest absolute Gasteiger partial charge is 0.586 e. The van der Waals surface area contributed by atoms with E-state index >= 15 is 0 Å². The molecule has 162 valence electrons. The fourth-order valence-electron chi connectivity index (χ4n) is 3.51. The quantitative estimate of drug-likeness (QED) is 0.708. The molecule has 0 saturated carbocycles. The van der Waals surface area contributed by atoms with Gasteiger partial charge in [-0.3, -0.25) is 19.4 Å². The maximum absolute atomic E-state index is 13.1. The van der Waals surface area contributed by atoms with Crippen LogP contribution in [0.5, 0.6) is 11.5 Å². The molecule has 1 amide bonds. The van der Waals surface area contributed by atoms with Crippen molar-refractivity contribution in [3.63, 3.8) is 0 Å². The number of amides is 1. The van der Waals surface area contributed by atoms with Crippen LogP contribution in [-0.4, -0.2) is 72.3 Å². The van der Waals surface area contributed by atoms with Gasteiger partial charge in [0.05, 0.1) is 13.1 Å². The molecule has 11 heteroatoms. The summed E-state index contributed by atoms with van der Waals surface area (Å²) in [5, 5.41) is 11.6. The van der Waals surface area contributed by atoms with Crippen LogP contribution in [0.15, 0.2) is 18.2 Å². The van der Waals surface area contributed by atoms with Gasteiger partial charge in [0.1, 0.15) is 0 Å². The van der Waals surface area contributed by atoms with Gasteiger partial charge in [0, 0.05) is 24.3 Å². The molecule has 2 aliphatic heterocycles. The maximum Gasteiger partial charge on any atom is 0.586 e. The molecule has 1 fully saturated rings. The molecule has 2 aliphatic rings. The Morgan fingerprint density at radius 1 is 1.28 bits per heavy atom. The van der Waals surface area contributed by atoms with Gasteiger partial charge >= 0.3 is 12.3 Å². The van der Waals surface area contributed by atoms with Gasteiger partial charge in [-0.2, -0.15) is 0 Å². The maximum atomic E-state index is 13.1. The van der Waals surface area contributed by atoms with Crippen molar-refractivity contribution in [3.05, 3.63) is 18.2 Å². The number of rotatable bonds is 6. The Morgan fingerprint density at radius 2 is 2.00 bits per heavy atom. The van der Waals surface area contributed by atoms with Crippen molar-refractivity contribution >= 4 is 30.0 Å². The number of ether oxygens (including phenoxy) is 2. The molecule has 8 nitrogen and oxygen atoms in total. The first-order valence-electron chi connectivity index (χ1n) is 9.06. The topological polar surface area (TPSA) is 91.3 Å². The minimum atomic E-state index is -3.69. The predicted molar refractivity (Wildman–Crippen MR) is 103 cm³/mol. The zero-order valence-corrected chi connectivity index (χ0v) is 16.7. The average molecular weight is 436 g/mol. The van der Waals surface area contributed by atoms with Crippen LogP contribution >= 0.6 is 12.4 Å². The summed E-state index contributed by atoms with van der Waals surface area (Å²) in [7, 11) is 1.80. The average Bonchev–Trinajstić information content (AvgIpc) is 2.74. The summed E-state index contributed by atoms with van der Waals surface area (Å²) >= 11 is 0. The number of hydrogen-bond donors (Lipinski definition) is 2. The van der Waals surface area contributed by atoms with E-state index in [0.29, 0.717) is 12.2 Å². The molecular weight excluding hydrogens is 412 g/mol. The van der Waals surface area contributed by atoms with Crippen molar-refractivity contribution in [3.8, 4) is 11.5 Å². The molecule has 2 heterocycles. The molecule has 1 atom stereocenters. The molecular formula is C18H24ClF2N3O5. The summed E-state index contributed by atoms with van der Waals surface area (Å²) in [6, 6.07) is 4.26. The highest BCUT2D eigenvalue weighted by atomic mass is 35.5. The van der Waals surface area contributed by atoms with Crippen LogP contribution in [0, 0.1) is 0 Å². The summed E-state index contributed by atoms with van der Waals surface area (Å²) in [6.45, 7) is 1.57. The Balaban J connectivity index is 0.00000300. The molecule has 1 aromatic carbocycles. The van der Waals surface area contributed by atoms with E-state index in [1.165, 1.54) is 18.2 Å². The van der Waals surface area contributed by atoms with Gasteiger partial charge in [0.25, 0.3) is 0 Å². The van der Waals surface area contributed by atoms with Gasteiger partial charge in [0.2, 0.25) is 5.91 Å². The number of hydrogen-bond acceptors (Lipinski definition) is 6. The van der Waals surface area contributed by atoms with Crippen molar-refractivity contribution < 1.29 is 33.0 Å². The Bertz CT molecular complexity index is 752. The van der Waals surface area contributed by atoms with Crippen LogP contribution in [0.25, 0.3) is 0 Å². The van der Waals surface area contributed by atoms with E-state index < -0.39 is 12.3 Å². The van der Waals surface area contributed by atoms with Gasteiger partial charge in [-0.25, -0.2) is 0 Å². The van der Waals surface area contributed by atoms with E-state index in [1.807, 2.05) is 9.80 Å². The minimum absolute atomic E-state index is 0. The number of likely N-dealkylation sites (tertiary alicyclic amines) is 1. The van der Waals surface area contributed by atoms with Crippen LogP contribution in [0.4, 0.5) is 14.5 Å². The van der Waals surface area contributed by atoms with Gasteiger partial charge in [-0.15, -0.1) is 21.2 Å². The van der Waals surface area contributed by atoms with Gasteiger partial charge in [-0.05, 0) is 45.0 Å². The first kappa shape index (κ1) is 23.1. The number of carboxylic acids is 1. The standard InChI is InChI=1S/C18H23F2N3O5.ClH/c1-22(11-17(25)26)13-3-2-7-23(8-6-13)10-16(24)21-12-4-5-14-15(9-12)28-18(19,20)27-14;/h4-5,9,13H,2-3,6-8,10-11H2,1H3,(H,21,24)(H,25,26);1H. The number of carboxylic acid groups (broad SMARTS) is 1. The predicted octanol–water partition coefficient (Wildman–Crippen LogP) is 2.24. The molecule has 0 radical (unpaired) electrons. The number of fused-ring (bicyclic) bond motifs is 1. The molecule has 2 N–H and O–H groups in total. The highest BCUT2D eigenvalue weighted by Gasteiger charge is 2.43. The van der Waals surface area contributed by atoms with Crippen molar-refractivity contribution in [2.24, 2.45) is 0 Å². The van der Waals surface area contributed by atoms with E-state index in [1.54, 1.807) is 7.05 Å². The molecule has 1 aromatic rings. The van der Waals surface area contributed by atoms with E-state index in [0.717, 1.165) is 25.8 Å². The Morgan fingerprint density at radius 3 is 2.72 bits per heavy atom. The SMILES string of the molecule is CN(CC(=O)O)C1CCCN(CC(=O)Nc2ccc3c(c2)OC(F)(F)O3)CC1.Cl. The van der Waals surface area contributed by atoms with Crippen LogP contribution < -0.4 is 14.8 Å². The van der Waals surface area contributed by atoms with Crippen LogP contribution in [-0.2, 0) is 9.59 Å². The van der Waals surface area contributed by atoms with Gasteiger partial charge in [-0.1, -0.05) is 0 Å². The third-order valence-corrected chi connectivity index (χ3v) is 4.85. The Kier molecular flexibility index (Phi) is 7.61. The molecule has 0 aromatic heterocycles. The second-order valence-electron chi connectivity index (χ2n) is 7.05. The van der Waals surface area contributed by atoms with Gasteiger partial charge < -0.3 is 19.9 Å². The molecule has 29 heavy (non-hydrogen) atoms. The lowest BCUT2D eigenvalue weighted by molar-refractivity contribution is -0.286. The van der Waals surface area contributed by atoms with Crippen molar-refractivity contribution in [1.29, 1.82) is 0 Å². The normalized spacial score (nSPS) is 20.6. The molecule has 0 aliphatic carbocycles. The number of carbonyl (C=O) groups excluding carboxylic acids is 1. The number of halogens is 3. The number of likely N-dealkylation sites (N-methyl/N-ethyl adjacent to an activating group) is 1. The molecule has 0 spiro atoms. The summed E-state index contributed by atoms with van der Waals surface area (Å²) in [5.41, 5.74) is 0.346. The summed E-state index contributed by atoms with van der Waals surface area (Å²) in [4.78, 5) is 27.0. The second-order valence-corrected chi connectivity index (χ2v) is 7.05. The fraction of sp³-hybridized carbons (Fsp3) is 0.556. The summed E-state index contributed by atoms with van der Waals surface area (Å²) < 4.78 is 34.8. The van der Waals surface area contributed by atoms with E-state index in [4.69, 9.17) is 5.11 Å². The Labute approximate surface area is 173 Å². The number of benzene rings is 1. The Hall–Kier alpha value is -2.17. The lowest BCUT2D eigenvalue weighted by Crippen LogP contribution is -2.37. The third-order valence-electron chi connectivity index (χ3n) is 4.85. The first-order chi connectivity index (χ1) is 13.2. The third kappa shape index (κ3) is 6.41. The highest BCUT2D eigenvalue weighted by Crippen LogP contribution is 2.42. The number of nitrogens with zero attached hydrogens (tertiary/aromatic N) is 2. The first-order valence-corrected chi connectivity index (χ1v) is 9.06. The number of anilines is 1. The van der Waals surface area contributed by atoms with Crippen molar-refractivity contribution in [2.45, 2.75) is 31.6 Å². The van der Waals surface area contributed by atoms with Crippen molar-refractivity contribution in [2.75, 3.05) is 38.5 Å². The molecule has 0 bridgehead atoms. The van der Waals surface area contributed by atoms with E-state index in [-0.39, 0.29) is 48.9 Å². The number of nitrogens with one attached hydrogen (secondary N) is 1. The summed E-state index contributed by atoms with van der Waals surface area (Å²) in [6.07, 6.45) is -1.18. The summed E-state index contributed by atoms with van der Waals surface area (Å²) in [5.74, 6) is -1.32.